The number of hydrogen-bond donors (Lipinski definition) is 0. The highest BCUT2D eigenvalue weighted by Gasteiger charge is 2.71. The van der Waals surface area contributed by atoms with Crippen molar-refractivity contribution < 1.29 is 23.9 Å². The number of anilines is 1. The summed E-state index contributed by atoms with van der Waals surface area (Å²) >= 11 is 0. The molecular weight excluding hydrogens is 384 g/mol. The third-order valence-electron chi connectivity index (χ3n) is 8.06. The normalized spacial score (nSPS) is 33.6. The molecule has 1 aromatic carbocycles. The molecule has 1 spiro atoms. The lowest BCUT2D eigenvalue weighted by Gasteiger charge is -2.57. The molecule has 30 heavy (non-hydrogen) atoms. The van der Waals surface area contributed by atoms with E-state index in [-0.39, 0.29) is 35.3 Å². The van der Waals surface area contributed by atoms with Gasteiger partial charge in [0.2, 0.25) is 11.8 Å². The number of nitrogens with zero attached hydrogens (tertiary/aromatic N) is 2. The molecule has 1 saturated carbocycles. The van der Waals surface area contributed by atoms with Gasteiger partial charge in [0.15, 0.2) is 0 Å². The highest BCUT2D eigenvalue weighted by Crippen LogP contribution is 2.66. The number of amides is 2. The van der Waals surface area contributed by atoms with Crippen molar-refractivity contribution in [2.75, 3.05) is 25.7 Å². The first kappa shape index (κ1) is 19.4. The van der Waals surface area contributed by atoms with Gasteiger partial charge in [0.25, 0.3) is 0 Å². The zero-order valence-corrected chi connectivity index (χ0v) is 17.8. The molecule has 3 aliphatic heterocycles. The van der Waals surface area contributed by atoms with Crippen molar-refractivity contribution in [3.8, 4) is 5.75 Å². The number of ether oxygens (including phenoxy) is 2. The van der Waals surface area contributed by atoms with Crippen molar-refractivity contribution in [2.24, 2.45) is 5.41 Å². The molecule has 7 heteroatoms. The van der Waals surface area contributed by atoms with Gasteiger partial charge in [0.05, 0.1) is 32.4 Å². The molecule has 0 N–H and O–H groups in total. The standard InChI is InChI=1S/C23H28N2O5/c1-14(26)25-17-8-10-22(13-19(28)30-3)9-5-11-24-18(27)12-23(17,21(22)24)15-6-4-7-16(29-2)20(15)25/h4,6-7,17,21H,5,8-13H2,1-3H3/t17-,21+,22-,23-/m1/s1. The lowest BCUT2D eigenvalue weighted by Crippen LogP contribution is -2.65. The van der Waals surface area contributed by atoms with Gasteiger partial charge in [0.1, 0.15) is 5.75 Å². The lowest BCUT2D eigenvalue weighted by molar-refractivity contribution is -0.151. The van der Waals surface area contributed by atoms with Crippen LogP contribution < -0.4 is 9.64 Å². The minimum atomic E-state index is -0.515. The van der Waals surface area contributed by atoms with E-state index in [0.29, 0.717) is 25.1 Å². The monoisotopic (exact) mass is 412 g/mol. The molecule has 1 aliphatic carbocycles. The summed E-state index contributed by atoms with van der Waals surface area (Å²) in [4.78, 5) is 42.5. The number of esters is 1. The number of para-hydroxylation sites is 1. The van der Waals surface area contributed by atoms with Crippen molar-refractivity contribution in [1.29, 1.82) is 0 Å². The first-order valence-electron chi connectivity index (χ1n) is 10.7. The van der Waals surface area contributed by atoms with Crippen LogP contribution in [-0.4, -0.2) is 55.5 Å². The number of rotatable bonds is 3. The van der Waals surface area contributed by atoms with Gasteiger partial charge in [-0.25, -0.2) is 0 Å². The SMILES string of the molecule is COC(=O)C[C@@]12CCCN3C(=O)C[C@]4(c5cccc(OC)c5N(C(C)=O)[C@@H]4CC1)[C@@H]32. The van der Waals surface area contributed by atoms with E-state index < -0.39 is 5.41 Å². The molecule has 0 unspecified atom stereocenters. The van der Waals surface area contributed by atoms with E-state index in [2.05, 4.69) is 0 Å². The van der Waals surface area contributed by atoms with Crippen molar-refractivity contribution >= 4 is 23.5 Å². The maximum Gasteiger partial charge on any atom is 0.306 e. The average Bonchev–Trinajstić information content (AvgIpc) is 3.20. The van der Waals surface area contributed by atoms with Crippen molar-refractivity contribution in [1.82, 2.24) is 4.90 Å². The molecule has 2 amide bonds. The zero-order valence-electron chi connectivity index (χ0n) is 17.8. The van der Waals surface area contributed by atoms with Crippen LogP contribution in [0.2, 0.25) is 0 Å². The Bertz CT molecular complexity index is 946. The second kappa shape index (κ2) is 6.46. The Kier molecular flexibility index (Phi) is 4.18. The third kappa shape index (κ3) is 2.23. The van der Waals surface area contributed by atoms with Crippen LogP contribution in [0.3, 0.4) is 0 Å². The molecule has 4 aliphatic rings. The summed E-state index contributed by atoms with van der Waals surface area (Å²) in [6.45, 7) is 2.29. The summed E-state index contributed by atoms with van der Waals surface area (Å²) in [7, 11) is 3.04. The molecule has 4 atom stereocenters. The Balaban J connectivity index is 1.75. The Hall–Kier alpha value is -2.57. The first-order valence-corrected chi connectivity index (χ1v) is 10.7. The minimum absolute atomic E-state index is 0.0372. The van der Waals surface area contributed by atoms with Crippen molar-refractivity contribution in [3.63, 3.8) is 0 Å². The fraction of sp³-hybridized carbons (Fsp3) is 0.609. The van der Waals surface area contributed by atoms with Crippen LogP contribution in [0, 0.1) is 5.41 Å². The molecule has 0 aromatic heterocycles. The molecule has 3 fully saturated rings. The second-order valence-electron chi connectivity index (χ2n) is 9.23. The molecule has 160 valence electrons. The van der Waals surface area contributed by atoms with Gasteiger partial charge in [-0.3, -0.25) is 14.4 Å². The van der Waals surface area contributed by atoms with Crippen LogP contribution in [0.25, 0.3) is 0 Å². The van der Waals surface area contributed by atoms with E-state index in [1.165, 1.54) is 7.11 Å². The number of benzene rings is 1. The van der Waals surface area contributed by atoms with Gasteiger partial charge < -0.3 is 19.3 Å². The van der Waals surface area contributed by atoms with Crippen LogP contribution in [-0.2, 0) is 24.5 Å². The molecule has 3 heterocycles. The van der Waals surface area contributed by atoms with Crippen LogP contribution in [0.4, 0.5) is 5.69 Å². The number of methoxy groups -OCH3 is 2. The van der Waals surface area contributed by atoms with Gasteiger partial charge in [-0.1, -0.05) is 12.1 Å². The number of fused-ring (bicyclic) bond motifs is 1. The predicted molar refractivity (Wildman–Crippen MR) is 109 cm³/mol. The predicted octanol–water partition coefficient (Wildman–Crippen LogP) is 2.41. The zero-order chi connectivity index (χ0) is 21.3. The van der Waals surface area contributed by atoms with Crippen LogP contribution in [0.1, 0.15) is 51.0 Å². The number of carbonyl (C=O) groups is 3. The van der Waals surface area contributed by atoms with E-state index in [1.807, 2.05) is 28.0 Å². The van der Waals surface area contributed by atoms with E-state index >= 15 is 0 Å². The minimum Gasteiger partial charge on any atom is -0.495 e. The summed E-state index contributed by atoms with van der Waals surface area (Å²) in [5.41, 5.74) is 0.978. The van der Waals surface area contributed by atoms with Gasteiger partial charge >= 0.3 is 5.97 Å². The van der Waals surface area contributed by atoms with Gasteiger partial charge in [0, 0.05) is 36.8 Å². The quantitative estimate of drug-likeness (QED) is 0.713. The number of piperidine rings is 1. The third-order valence-corrected chi connectivity index (χ3v) is 8.06. The summed E-state index contributed by atoms with van der Waals surface area (Å²) in [6.07, 6.45) is 4.02. The molecule has 5 rings (SSSR count). The van der Waals surface area contributed by atoms with E-state index in [4.69, 9.17) is 9.47 Å². The summed E-state index contributed by atoms with van der Waals surface area (Å²) in [6, 6.07) is 5.65. The molecule has 2 saturated heterocycles. The fourth-order valence-corrected chi connectivity index (χ4v) is 7.24. The smallest absolute Gasteiger partial charge is 0.306 e. The Morgan fingerprint density at radius 2 is 2.03 bits per heavy atom. The highest BCUT2D eigenvalue weighted by molar-refractivity contribution is 5.99. The van der Waals surface area contributed by atoms with Crippen molar-refractivity contribution in [3.05, 3.63) is 23.8 Å². The second-order valence-corrected chi connectivity index (χ2v) is 9.23. The van der Waals surface area contributed by atoms with E-state index in [1.54, 1.807) is 14.0 Å². The molecule has 1 aromatic rings. The maximum atomic E-state index is 13.3. The van der Waals surface area contributed by atoms with Gasteiger partial charge in [-0.05, 0) is 37.3 Å². The molecule has 7 nitrogen and oxygen atoms in total. The largest absolute Gasteiger partial charge is 0.495 e. The summed E-state index contributed by atoms with van der Waals surface area (Å²) < 4.78 is 10.7. The topological polar surface area (TPSA) is 76.2 Å². The van der Waals surface area contributed by atoms with E-state index in [9.17, 15) is 14.4 Å². The average molecular weight is 412 g/mol. The Morgan fingerprint density at radius 3 is 2.73 bits per heavy atom. The molecular formula is C23H28N2O5. The molecule has 0 bridgehead atoms. The lowest BCUT2D eigenvalue weighted by atomic mass is 9.52. The van der Waals surface area contributed by atoms with Crippen LogP contribution >= 0.6 is 0 Å². The summed E-state index contributed by atoms with van der Waals surface area (Å²) in [5, 5.41) is 0. The maximum absolute atomic E-state index is 13.3. The van der Waals surface area contributed by atoms with Crippen molar-refractivity contribution in [2.45, 2.75) is 62.9 Å². The number of carbonyl (C=O) groups excluding carboxylic acids is 3. The Morgan fingerprint density at radius 1 is 1.23 bits per heavy atom. The highest BCUT2D eigenvalue weighted by atomic mass is 16.5. The van der Waals surface area contributed by atoms with Gasteiger partial charge in [-0.15, -0.1) is 0 Å². The first-order chi connectivity index (χ1) is 14.4. The summed E-state index contributed by atoms with van der Waals surface area (Å²) in [5.74, 6) is 0.522. The van der Waals surface area contributed by atoms with Crippen LogP contribution in [0.5, 0.6) is 5.75 Å². The molecule has 0 radical (unpaired) electrons. The fourth-order valence-electron chi connectivity index (χ4n) is 7.24. The van der Waals surface area contributed by atoms with Crippen LogP contribution in [0.15, 0.2) is 18.2 Å². The van der Waals surface area contributed by atoms with Gasteiger partial charge in [-0.2, -0.15) is 0 Å². The number of hydrogen-bond acceptors (Lipinski definition) is 5. The Labute approximate surface area is 176 Å². The van der Waals surface area contributed by atoms with E-state index in [0.717, 1.165) is 36.9 Å².